The summed E-state index contributed by atoms with van der Waals surface area (Å²) >= 11 is 5.99. The van der Waals surface area contributed by atoms with Crippen LogP contribution in [0.1, 0.15) is 52.0 Å². The van der Waals surface area contributed by atoms with Gasteiger partial charge in [-0.25, -0.2) is 4.79 Å². The third-order valence-electron chi connectivity index (χ3n) is 5.73. The first-order chi connectivity index (χ1) is 14.6. The number of carbonyl (C=O) groups excluding carboxylic acids is 3. The fourth-order valence-corrected chi connectivity index (χ4v) is 4.13. The number of carbonyl (C=O) groups is 3. The minimum absolute atomic E-state index is 0.0835. The molecule has 1 saturated carbocycles. The Morgan fingerprint density at radius 2 is 1.77 bits per heavy atom. The Balaban J connectivity index is 1.48. The number of halogens is 1. The molecule has 0 radical (unpaired) electrons. The summed E-state index contributed by atoms with van der Waals surface area (Å²) in [5.74, 6) is -0.209. The molecule has 1 unspecified atom stereocenters. The quantitative estimate of drug-likeness (QED) is 0.652. The molecule has 1 saturated heterocycles. The zero-order valence-electron chi connectivity index (χ0n) is 18.5. The number of hydrogen-bond donors (Lipinski definition) is 2. The summed E-state index contributed by atoms with van der Waals surface area (Å²) in [6.07, 6.45) is 2.71. The first-order valence-corrected chi connectivity index (χ1v) is 11.3. The van der Waals surface area contributed by atoms with Crippen LogP contribution in [0.5, 0.6) is 0 Å². The predicted molar refractivity (Wildman–Crippen MR) is 119 cm³/mol. The fraction of sp³-hybridized carbons (Fsp3) is 0.609. The second-order valence-electron chi connectivity index (χ2n) is 9.40. The monoisotopic (exact) mass is 449 g/mol. The lowest BCUT2D eigenvalue weighted by Crippen LogP contribution is -2.49. The molecule has 2 aliphatic rings. The number of nitrogens with zero attached hydrogens (tertiary/aromatic N) is 1. The number of likely N-dealkylation sites (tertiary alicyclic amines) is 1. The Hall–Kier alpha value is -2.28. The summed E-state index contributed by atoms with van der Waals surface area (Å²) in [5.41, 5.74) is -0.0156. The molecular formula is C23H32ClN3O4. The Morgan fingerprint density at radius 1 is 1.13 bits per heavy atom. The molecule has 2 N–H and O–H groups in total. The van der Waals surface area contributed by atoms with Gasteiger partial charge in [0.2, 0.25) is 11.8 Å². The van der Waals surface area contributed by atoms with Crippen molar-refractivity contribution in [2.24, 2.45) is 5.92 Å². The van der Waals surface area contributed by atoms with Crippen LogP contribution in [-0.4, -0.2) is 54.6 Å². The van der Waals surface area contributed by atoms with Crippen molar-refractivity contribution in [1.82, 2.24) is 15.5 Å². The van der Waals surface area contributed by atoms with E-state index in [0.29, 0.717) is 24.7 Å². The molecule has 1 aromatic rings. The molecule has 1 aliphatic carbocycles. The van der Waals surface area contributed by atoms with Gasteiger partial charge < -0.3 is 20.3 Å². The third kappa shape index (κ3) is 6.12. The highest BCUT2D eigenvalue weighted by molar-refractivity contribution is 6.30. The van der Waals surface area contributed by atoms with Crippen molar-refractivity contribution in [3.05, 3.63) is 34.9 Å². The molecule has 1 heterocycles. The van der Waals surface area contributed by atoms with Gasteiger partial charge in [0.15, 0.2) is 0 Å². The van der Waals surface area contributed by atoms with Gasteiger partial charge in [0, 0.05) is 31.2 Å². The van der Waals surface area contributed by atoms with E-state index in [4.69, 9.17) is 16.3 Å². The van der Waals surface area contributed by atoms with E-state index in [-0.39, 0.29) is 24.3 Å². The molecule has 31 heavy (non-hydrogen) atoms. The molecule has 8 heteroatoms. The third-order valence-corrected chi connectivity index (χ3v) is 5.98. The highest BCUT2D eigenvalue weighted by atomic mass is 35.5. The highest BCUT2D eigenvalue weighted by Gasteiger charge is 2.53. The van der Waals surface area contributed by atoms with Gasteiger partial charge in [-0.2, -0.15) is 0 Å². The van der Waals surface area contributed by atoms with Gasteiger partial charge in [-0.15, -0.1) is 0 Å². The van der Waals surface area contributed by atoms with Crippen LogP contribution in [0, 0.1) is 5.92 Å². The van der Waals surface area contributed by atoms with Crippen LogP contribution in [0.4, 0.5) is 4.79 Å². The Kier molecular flexibility index (Phi) is 7.14. The number of ether oxygens (including phenoxy) is 1. The van der Waals surface area contributed by atoms with Crippen molar-refractivity contribution in [3.63, 3.8) is 0 Å². The molecule has 0 spiro atoms. The van der Waals surface area contributed by atoms with Crippen LogP contribution in [0.25, 0.3) is 0 Å². The zero-order valence-corrected chi connectivity index (χ0v) is 19.3. The van der Waals surface area contributed by atoms with Gasteiger partial charge in [0.1, 0.15) is 5.60 Å². The van der Waals surface area contributed by atoms with E-state index in [1.54, 1.807) is 20.8 Å². The molecule has 3 amide bonds. The van der Waals surface area contributed by atoms with E-state index < -0.39 is 17.1 Å². The van der Waals surface area contributed by atoms with Crippen LogP contribution in [0.3, 0.4) is 0 Å². The van der Waals surface area contributed by atoms with Crippen molar-refractivity contribution in [1.29, 1.82) is 0 Å². The van der Waals surface area contributed by atoms with Crippen molar-refractivity contribution in [2.45, 2.75) is 57.5 Å². The number of nitrogens with one attached hydrogen (secondary N) is 2. The van der Waals surface area contributed by atoms with E-state index in [2.05, 4.69) is 10.6 Å². The van der Waals surface area contributed by atoms with Gasteiger partial charge in [0.05, 0.1) is 11.3 Å². The van der Waals surface area contributed by atoms with Crippen molar-refractivity contribution in [3.8, 4) is 0 Å². The van der Waals surface area contributed by atoms with E-state index >= 15 is 0 Å². The smallest absolute Gasteiger partial charge is 0.407 e. The number of rotatable bonds is 6. The molecule has 2 fully saturated rings. The van der Waals surface area contributed by atoms with Crippen LogP contribution in [-0.2, 0) is 19.7 Å². The van der Waals surface area contributed by atoms with Gasteiger partial charge in [-0.05, 0) is 64.2 Å². The molecule has 0 bridgehead atoms. The molecule has 1 aliphatic heterocycles. The van der Waals surface area contributed by atoms with Gasteiger partial charge in [-0.1, -0.05) is 23.7 Å². The van der Waals surface area contributed by atoms with Gasteiger partial charge >= 0.3 is 6.09 Å². The Morgan fingerprint density at radius 3 is 2.39 bits per heavy atom. The van der Waals surface area contributed by atoms with Crippen molar-refractivity contribution >= 4 is 29.5 Å². The topological polar surface area (TPSA) is 87.7 Å². The molecule has 170 valence electrons. The molecular weight excluding hydrogens is 418 g/mol. The average molecular weight is 450 g/mol. The number of amides is 3. The second-order valence-corrected chi connectivity index (χ2v) is 9.84. The molecule has 3 rings (SSSR count). The maximum absolute atomic E-state index is 13.3. The summed E-state index contributed by atoms with van der Waals surface area (Å²) in [5, 5.41) is 6.14. The number of benzene rings is 1. The first kappa shape index (κ1) is 23.4. The van der Waals surface area contributed by atoms with E-state index in [1.807, 2.05) is 29.2 Å². The first-order valence-electron chi connectivity index (χ1n) is 10.9. The summed E-state index contributed by atoms with van der Waals surface area (Å²) in [4.78, 5) is 39.4. The van der Waals surface area contributed by atoms with Gasteiger partial charge in [-0.3, -0.25) is 9.59 Å². The van der Waals surface area contributed by atoms with Crippen LogP contribution in [0.2, 0.25) is 5.02 Å². The fourth-order valence-electron chi connectivity index (χ4n) is 4.01. The maximum atomic E-state index is 13.3. The molecule has 1 atom stereocenters. The van der Waals surface area contributed by atoms with Gasteiger partial charge in [0.25, 0.3) is 0 Å². The molecule has 1 aromatic carbocycles. The SMILES string of the molecule is CC(C)(C)OC(=O)NCCNC(=O)C1CCCN(C(=O)C2(c3ccc(Cl)cc3)CC2)C1. The van der Waals surface area contributed by atoms with Crippen LogP contribution >= 0.6 is 11.6 Å². The lowest BCUT2D eigenvalue weighted by atomic mass is 9.91. The molecule has 7 nitrogen and oxygen atoms in total. The van der Waals surface area contributed by atoms with Crippen LogP contribution in [0.15, 0.2) is 24.3 Å². The number of piperidine rings is 1. The second kappa shape index (κ2) is 9.47. The summed E-state index contributed by atoms with van der Waals surface area (Å²) in [7, 11) is 0. The lowest BCUT2D eigenvalue weighted by molar-refractivity contribution is -0.138. The Bertz CT molecular complexity index is 815. The van der Waals surface area contributed by atoms with Crippen molar-refractivity contribution < 1.29 is 19.1 Å². The minimum Gasteiger partial charge on any atom is -0.444 e. The van der Waals surface area contributed by atoms with Crippen molar-refractivity contribution in [2.75, 3.05) is 26.2 Å². The molecule has 0 aromatic heterocycles. The average Bonchev–Trinajstić information content (AvgIpc) is 3.52. The predicted octanol–water partition coefficient (Wildman–Crippen LogP) is 3.25. The van der Waals surface area contributed by atoms with E-state index in [9.17, 15) is 14.4 Å². The standard InChI is InChI=1S/C23H32ClN3O4/c1-22(2,3)31-21(30)26-13-12-25-19(28)16-5-4-14-27(15-16)20(29)23(10-11-23)17-6-8-18(24)9-7-17/h6-9,16H,4-5,10-15H2,1-3H3,(H,25,28)(H,26,30). The van der Waals surface area contributed by atoms with E-state index in [0.717, 1.165) is 31.2 Å². The minimum atomic E-state index is -0.559. The van der Waals surface area contributed by atoms with Crippen LogP contribution < -0.4 is 10.6 Å². The summed E-state index contributed by atoms with van der Waals surface area (Å²) in [6, 6.07) is 7.50. The summed E-state index contributed by atoms with van der Waals surface area (Å²) < 4.78 is 5.17. The largest absolute Gasteiger partial charge is 0.444 e. The van der Waals surface area contributed by atoms with E-state index in [1.165, 1.54) is 0 Å². The Labute approximate surface area is 188 Å². The normalized spacial score (nSPS) is 20.0. The summed E-state index contributed by atoms with van der Waals surface area (Å²) in [6.45, 7) is 7.10. The highest BCUT2D eigenvalue weighted by Crippen LogP contribution is 2.50. The lowest BCUT2D eigenvalue weighted by Gasteiger charge is -2.34. The zero-order chi connectivity index (χ0) is 22.6. The number of alkyl carbamates (subject to hydrolysis) is 1. The maximum Gasteiger partial charge on any atom is 0.407 e. The number of hydrogen-bond acceptors (Lipinski definition) is 4.